The number of esters is 1. The molecular formula is C18H17N3O3. The summed E-state index contributed by atoms with van der Waals surface area (Å²) in [5, 5.41) is 0. The molecule has 0 bridgehead atoms. The predicted molar refractivity (Wildman–Crippen MR) is 89.0 cm³/mol. The molecule has 0 saturated carbocycles. The third-order valence-electron chi connectivity index (χ3n) is 4.11. The average Bonchev–Trinajstić information content (AvgIpc) is 2.86. The second kappa shape index (κ2) is 6.23. The molecule has 0 fully saturated rings. The molecule has 0 amide bonds. The van der Waals surface area contributed by atoms with E-state index in [1.165, 1.54) is 0 Å². The first kappa shape index (κ1) is 15.9. The lowest BCUT2D eigenvalue weighted by Gasteiger charge is -2.05. The van der Waals surface area contributed by atoms with E-state index >= 15 is 0 Å². The van der Waals surface area contributed by atoms with Crippen molar-refractivity contribution in [2.75, 3.05) is 6.61 Å². The minimum atomic E-state index is -0.554. The van der Waals surface area contributed by atoms with Crippen LogP contribution in [0.15, 0.2) is 36.7 Å². The smallest absolute Gasteiger partial charge is 0.338 e. The summed E-state index contributed by atoms with van der Waals surface area (Å²) in [7, 11) is 1.89. The molecule has 0 atom stereocenters. The molecule has 0 N–H and O–H groups in total. The Morgan fingerprint density at radius 3 is 2.46 bits per heavy atom. The van der Waals surface area contributed by atoms with Gasteiger partial charge < -0.3 is 9.30 Å². The van der Waals surface area contributed by atoms with Crippen molar-refractivity contribution in [3.05, 3.63) is 59.2 Å². The van der Waals surface area contributed by atoms with Crippen LogP contribution in [0.1, 0.15) is 32.1 Å². The molecule has 3 aromatic rings. The molecule has 2 aromatic heterocycles. The monoisotopic (exact) mass is 323 g/mol. The number of hydrogen-bond acceptors (Lipinski definition) is 5. The number of ketones is 1. The minimum absolute atomic E-state index is 0.217. The standard InChI is InChI=1S/C18H17N3O3/c1-11-8-14(12(2)21(11)3)17(22)10-24-18(23)13-4-5-15-16(9-13)20-7-6-19-15/h4-9H,10H2,1-3H3. The number of Topliss-reactive ketones (excluding diaryl/α,β-unsaturated/α-hetero) is 1. The van der Waals surface area contributed by atoms with E-state index in [4.69, 9.17) is 4.74 Å². The number of fused-ring (bicyclic) bond motifs is 1. The second-order valence-electron chi connectivity index (χ2n) is 5.60. The van der Waals surface area contributed by atoms with E-state index in [0.29, 0.717) is 22.2 Å². The minimum Gasteiger partial charge on any atom is -0.454 e. The van der Waals surface area contributed by atoms with E-state index in [0.717, 1.165) is 11.4 Å². The molecule has 0 aliphatic heterocycles. The Hall–Kier alpha value is -3.02. The zero-order valence-corrected chi connectivity index (χ0v) is 13.7. The number of nitrogens with zero attached hydrogens (tertiary/aromatic N) is 3. The summed E-state index contributed by atoms with van der Waals surface area (Å²) in [6.07, 6.45) is 3.14. The lowest BCUT2D eigenvalue weighted by Crippen LogP contribution is -2.15. The molecular weight excluding hydrogens is 306 g/mol. The highest BCUT2D eigenvalue weighted by molar-refractivity contribution is 6.01. The molecule has 0 unspecified atom stereocenters. The summed E-state index contributed by atoms with van der Waals surface area (Å²) in [5.74, 6) is -0.772. The lowest BCUT2D eigenvalue weighted by atomic mass is 10.1. The molecule has 2 heterocycles. The molecule has 24 heavy (non-hydrogen) atoms. The van der Waals surface area contributed by atoms with Crippen LogP contribution < -0.4 is 0 Å². The molecule has 0 spiro atoms. The third-order valence-corrected chi connectivity index (χ3v) is 4.11. The van der Waals surface area contributed by atoms with Crippen molar-refractivity contribution >= 4 is 22.8 Å². The Kier molecular flexibility index (Phi) is 4.12. The van der Waals surface area contributed by atoms with Gasteiger partial charge in [0.05, 0.1) is 16.6 Å². The maximum atomic E-state index is 12.3. The molecule has 0 saturated heterocycles. The van der Waals surface area contributed by atoms with E-state index in [2.05, 4.69) is 9.97 Å². The number of hydrogen-bond donors (Lipinski definition) is 0. The van der Waals surface area contributed by atoms with Gasteiger partial charge in [0.15, 0.2) is 6.61 Å². The summed E-state index contributed by atoms with van der Waals surface area (Å²) >= 11 is 0. The predicted octanol–water partition coefficient (Wildman–Crippen LogP) is 2.62. The Morgan fingerprint density at radius 2 is 1.79 bits per heavy atom. The molecule has 0 aliphatic rings. The normalized spacial score (nSPS) is 10.8. The first-order chi connectivity index (χ1) is 11.5. The van der Waals surface area contributed by atoms with E-state index in [1.807, 2.05) is 25.5 Å². The van der Waals surface area contributed by atoms with Crippen LogP contribution in [0, 0.1) is 13.8 Å². The van der Waals surface area contributed by atoms with Crippen LogP contribution in [0.5, 0.6) is 0 Å². The van der Waals surface area contributed by atoms with Gasteiger partial charge in [-0.15, -0.1) is 0 Å². The Morgan fingerprint density at radius 1 is 1.08 bits per heavy atom. The number of carbonyl (C=O) groups is 2. The maximum Gasteiger partial charge on any atom is 0.338 e. The van der Waals surface area contributed by atoms with Gasteiger partial charge in [-0.25, -0.2) is 4.79 Å². The topological polar surface area (TPSA) is 74.1 Å². The number of aromatic nitrogens is 3. The van der Waals surface area contributed by atoms with Crippen LogP contribution >= 0.6 is 0 Å². The molecule has 122 valence electrons. The highest BCUT2D eigenvalue weighted by Crippen LogP contribution is 2.15. The van der Waals surface area contributed by atoms with E-state index in [1.54, 1.807) is 36.7 Å². The Bertz CT molecular complexity index is 944. The van der Waals surface area contributed by atoms with E-state index in [-0.39, 0.29) is 12.4 Å². The fourth-order valence-corrected chi connectivity index (χ4v) is 2.52. The zero-order valence-electron chi connectivity index (χ0n) is 13.7. The molecule has 3 rings (SSSR count). The molecule has 0 aliphatic carbocycles. The van der Waals surface area contributed by atoms with E-state index < -0.39 is 5.97 Å². The fraction of sp³-hybridized carbons (Fsp3) is 0.222. The fourth-order valence-electron chi connectivity index (χ4n) is 2.52. The largest absolute Gasteiger partial charge is 0.454 e. The molecule has 1 aromatic carbocycles. The summed E-state index contributed by atoms with van der Waals surface area (Å²) in [4.78, 5) is 32.7. The first-order valence-corrected chi connectivity index (χ1v) is 7.51. The molecule has 0 radical (unpaired) electrons. The van der Waals surface area contributed by atoms with Crippen molar-refractivity contribution in [1.29, 1.82) is 0 Å². The van der Waals surface area contributed by atoms with Crippen LogP contribution in [-0.2, 0) is 11.8 Å². The van der Waals surface area contributed by atoms with Gasteiger partial charge in [-0.05, 0) is 38.1 Å². The van der Waals surface area contributed by atoms with E-state index in [9.17, 15) is 9.59 Å². The highest BCUT2D eigenvalue weighted by Gasteiger charge is 2.17. The van der Waals surface area contributed by atoms with Crippen LogP contribution in [0.3, 0.4) is 0 Å². The van der Waals surface area contributed by atoms with Gasteiger partial charge in [0.2, 0.25) is 5.78 Å². The van der Waals surface area contributed by atoms with Crippen LogP contribution in [0.4, 0.5) is 0 Å². The summed E-state index contributed by atoms with van der Waals surface area (Å²) < 4.78 is 7.08. The number of carbonyl (C=O) groups excluding carboxylic acids is 2. The number of aryl methyl sites for hydroxylation is 1. The quantitative estimate of drug-likeness (QED) is 0.545. The van der Waals surface area contributed by atoms with Gasteiger partial charge in [-0.1, -0.05) is 0 Å². The van der Waals surface area contributed by atoms with Gasteiger partial charge in [0, 0.05) is 36.4 Å². The average molecular weight is 323 g/mol. The van der Waals surface area contributed by atoms with Gasteiger partial charge in [-0.2, -0.15) is 0 Å². The number of ether oxygens (including phenoxy) is 1. The Labute approximate surface area is 139 Å². The van der Waals surface area contributed by atoms with Crippen LogP contribution in [0.25, 0.3) is 11.0 Å². The maximum absolute atomic E-state index is 12.3. The summed E-state index contributed by atoms with van der Waals surface area (Å²) in [6, 6.07) is 6.72. The van der Waals surface area contributed by atoms with Gasteiger partial charge in [0.1, 0.15) is 0 Å². The SMILES string of the molecule is Cc1cc(C(=O)COC(=O)c2ccc3nccnc3c2)c(C)n1C. The van der Waals surface area contributed by atoms with Crippen molar-refractivity contribution in [2.24, 2.45) is 7.05 Å². The lowest BCUT2D eigenvalue weighted by molar-refractivity contribution is 0.0474. The van der Waals surface area contributed by atoms with Crippen molar-refractivity contribution < 1.29 is 14.3 Å². The first-order valence-electron chi connectivity index (χ1n) is 7.51. The third kappa shape index (κ3) is 2.90. The van der Waals surface area contributed by atoms with Gasteiger partial charge >= 0.3 is 5.97 Å². The van der Waals surface area contributed by atoms with Gasteiger partial charge in [0.25, 0.3) is 0 Å². The van der Waals surface area contributed by atoms with Crippen LogP contribution in [-0.4, -0.2) is 32.9 Å². The second-order valence-corrected chi connectivity index (χ2v) is 5.60. The zero-order chi connectivity index (χ0) is 17.3. The number of benzene rings is 1. The van der Waals surface area contributed by atoms with Crippen molar-refractivity contribution in [3.8, 4) is 0 Å². The summed E-state index contributed by atoms with van der Waals surface area (Å²) in [6.45, 7) is 3.50. The van der Waals surface area contributed by atoms with Crippen molar-refractivity contribution in [3.63, 3.8) is 0 Å². The molecule has 6 heteroatoms. The Balaban J connectivity index is 1.72. The van der Waals surface area contributed by atoms with Crippen molar-refractivity contribution in [2.45, 2.75) is 13.8 Å². The molecule has 6 nitrogen and oxygen atoms in total. The highest BCUT2D eigenvalue weighted by atomic mass is 16.5. The number of rotatable bonds is 4. The summed E-state index contributed by atoms with van der Waals surface area (Å²) in [5.41, 5.74) is 4.06. The van der Waals surface area contributed by atoms with Gasteiger partial charge in [-0.3, -0.25) is 14.8 Å². The van der Waals surface area contributed by atoms with Crippen LogP contribution in [0.2, 0.25) is 0 Å². The van der Waals surface area contributed by atoms with Crippen molar-refractivity contribution in [1.82, 2.24) is 14.5 Å².